The van der Waals surface area contributed by atoms with E-state index in [-0.39, 0.29) is 110 Å². The van der Waals surface area contributed by atoms with Crippen molar-refractivity contribution in [3.8, 4) is 0 Å². The van der Waals surface area contributed by atoms with Crippen molar-refractivity contribution in [2.75, 3.05) is 40.9 Å². The number of carbonyl (C=O) groups is 9. The fraction of sp³-hybridized carbons (Fsp3) is 0.615. The van der Waals surface area contributed by atoms with Crippen LogP contribution in [0.25, 0.3) is 10.9 Å². The zero-order valence-electron chi connectivity index (χ0n) is 52.1. The molecule has 20 heteroatoms. The molecule has 85 heavy (non-hydrogen) atoms. The van der Waals surface area contributed by atoms with Crippen LogP contribution in [0.5, 0.6) is 0 Å². The number of nitrogens with one attached hydrogen (secondary N) is 5. The molecule has 1 aromatic heterocycles. The third-order valence-electron chi connectivity index (χ3n) is 17.0. The van der Waals surface area contributed by atoms with Crippen LogP contribution in [0.15, 0.2) is 72.9 Å². The topological polar surface area (TPSA) is 255 Å². The van der Waals surface area contributed by atoms with E-state index in [1.807, 2.05) is 112 Å². The first-order valence-electron chi connectivity index (χ1n) is 30.6. The molecular formula is C65H96N8O12. The summed E-state index contributed by atoms with van der Waals surface area (Å²) in [7, 11) is 4.97. The van der Waals surface area contributed by atoms with Gasteiger partial charge in [-0.05, 0) is 98.9 Å². The van der Waals surface area contributed by atoms with Crippen LogP contribution in [0.4, 0.5) is 0 Å². The fourth-order valence-electron chi connectivity index (χ4n) is 12.0. The van der Waals surface area contributed by atoms with E-state index in [1.54, 1.807) is 21.1 Å². The molecule has 2 aliphatic heterocycles. The average Bonchev–Trinajstić information content (AvgIpc) is 3.84. The molecule has 1 saturated heterocycles. The predicted molar refractivity (Wildman–Crippen MR) is 325 cm³/mol. The number of rotatable bonds is 36. The van der Waals surface area contributed by atoms with Gasteiger partial charge in [-0.15, -0.1) is 0 Å². The fourth-order valence-corrected chi connectivity index (χ4v) is 12.0. The summed E-state index contributed by atoms with van der Waals surface area (Å²) in [5.74, 6) is -4.00. The van der Waals surface area contributed by atoms with E-state index in [0.29, 0.717) is 64.6 Å². The monoisotopic (exact) mass is 1180 g/mol. The third-order valence-corrected chi connectivity index (χ3v) is 17.0. The first-order chi connectivity index (χ1) is 40.6. The highest BCUT2D eigenvalue weighted by molar-refractivity contribution is 6.12. The Morgan fingerprint density at radius 2 is 1.42 bits per heavy atom. The van der Waals surface area contributed by atoms with Crippen molar-refractivity contribution < 1.29 is 57.4 Å². The van der Waals surface area contributed by atoms with Gasteiger partial charge in [-0.3, -0.25) is 59.0 Å². The Hall–Kier alpha value is -6.77. The number of benzene rings is 2. The first-order valence-corrected chi connectivity index (χ1v) is 30.6. The second-order valence-electron chi connectivity index (χ2n) is 24.1. The quantitative estimate of drug-likeness (QED) is 0.0168. The summed E-state index contributed by atoms with van der Waals surface area (Å²) in [5.41, 5.74) is 7.46. The molecule has 3 aromatic rings. The van der Waals surface area contributed by atoms with Crippen molar-refractivity contribution in [2.24, 2.45) is 35.5 Å². The highest BCUT2D eigenvalue weighted by Gasteiger charge is 2.42. The standard InChI is InChI=1S/C65H96N8O12/c1-12-44(7)49(35-43(6)36-53(74)60(41(2)3)68-64(81)61(42(4)5)71(9)32-22-29-56(76)70-69-55(75)28-17-14-20-33-73-57(77)30-31-58(73)78)54(83-10)38-59(79)72-34-21-27-52(72)62(84-11)45(8)63(80)67-51(65(82)85-40-46-23-15-13-16-24-46)37-47-39-66-50-26-19-18-25-48(47)50/h13,15-16,18-19,23-26,30-31,39,41-45,49,51-52,54,60-62,66H,12,14,17,20-22,27-29,32-38,40H2,1-11H3,(H,67,80)(H,68,81)(H,69,75)(H,70,76). The minimum Gasteiger partial charge on any atom is -0.459 e. The van der Waals surface area contributed by atoms with E-state index < -0.39 is 54.2 Å². The molecule has 5 rings (SSSR count). The molecule has 0 saturated carbocycles. The molecule has 3 heterocycles. The van der Waals surface area contributed by atoms with Crippen molar-refractivity contribution in [3.63, 3.8) is 0 Å². The minimum atomic E-state index is -1.01. The van der Waals surface area contributed by atoms with Gasteiger partial charge >= 0.3 is 5.97 Å². The number of fused-ring (bicyclic) bond motifs is 1. The molecule has 0 aliphatic carbocycles. The normalized spacial score (nSPS) is 17.6. The number of amides is 7. The number of methoxy groups -OCH3 is 2. The number of hydrogen-bond donors (Lipinski definition) is 5. The Balaban J connectivity index is 1.13. The summed E-state index contributed by atoms with van der Waals surface area (Å²) in [5, 5.41) is 7.02. The van der Waals surface area contributed by atoms with Crippen LogP contribution < -0.4 is 21.5 Å². The summed E-state index contributed by atoms with van der Waals surface area (Å²) in [6.45, 7) is 16.9. The number of aromatic amines is 1. The molecule has 10 unspecified atom stereocenters. The minimum absolute atomic E-state index is 0.0469. The summed E-state index contributed by atoms with van der Waals surface area (Å²) in [6.07, 6.45) is 8.78. The van der Waals surface area contributed by atoms with E-state index in [4.69, 9.17) is 14.2 Å². The smallest absolute Gasteiger partial charge is 0.329 e. The van der Waals surface area contributed by atoms with E-state index in [9.17, 15) is 43.2 Å². The van der Waals surface area contributed by atoms with Gasteiger partial charge in [0.15, 0.2) is 5.78 Å². The number of Topliss-reactive ketones (excluding diaryl/α,β-unsaturated/α-hetero) is 1. The number of ether oxygens (including phenoxy) is 3. The largest absolute Gasteiger partial charge is 0.459 e. The molecule has 468 valence electrons. The van der Waals surface area contributed by atoms with E-state index in [1.165, 1.54) is 12.2 Å². The van der Waals surface area contributed by atoms with Crippen molar-refractivity contribution >= 4 is 64.0 Å². The third kappa shape index (κ3) is 20.4. The summed E-state index contributed by atoms with van der Waals surface area (Å²) in [4.78, 5) is 128. The van der Waals surface area contributed by atoms with Crippen molar-refractivity contribution in [1.29, 1.82) is 0 Å². The zero-order valence-corrected chi connectivity index (χ0v) is 52.1. The molecule has 0 radical (unpaired) electrons. The van der Waals surface area contributed by atoms with Gasteiger partial charge in [0.2, 0.25) is 29.5 Å². The number of H-pyrrole nitrogens is 1. The maximum Gasteiger partial charge on any atom is 0.329 e. The lowest BCUT2D eigenvalue weighted by Crippen LogP contribution is -2.54. The van der Waals surface area contributed by atoms with Crippen LogP contribution in [-0.4, -0.2) is 150 Å². The van der Waals surface area contributed by atoms with Crippen LogP contribution in [0.3, 0.4) is 0 Å². The molecule has 2 aromatic carbocycles. The second kappa shape index (κ2) is 34.4. The van der Waals surface area contributed by atoms with Crippen molar-refractivity contribution in [1.82, 2.24) is 41.2 Å². The number of hydrogen-bond acceptors (Lipinski definition) is 13. The summed E-state index contributed by atoms with van der Waals surface area (Å²) in [6, 6.07) is 14.4. The number of carbonyl (C=O) groups excluding carboxylic acids is 9. The number of unbranched alkanes of at least 4 members (excludes halogenated alkanes) is 2. The first kappa shape index (κ1) is 69.0. The second-order valence-corrected chi connectivity index (χ2v) is 24.1. The lowest BCUT2D eigenvalue weighted by molar-refractivity contribution is -0.150. The number of aromatic nitrogens is 1. The van der Waals surface area contributed by atoms with E-state index >= 15 is 0 Å². The predicted octanol–water partition coefficient (Wildman–Crippen LogP) is 7.14. The molecule has 0 spiro atoms. The van der Waals surface area contributed by atoms with Gasteiger partial charge in [0.1, 0.15) is 12.6 Å². The van der Waals surface area contributed by atoms with E-state index in [0.717, 1.165) is 33.4 Å². The molecule has 7 amide bonds. The van der Waals surface area contributed by atoms with Crippen LogP contribution >= 0.6 is 0 Å². The van der Waals surface area contributed by atoms with Crippen LogP contribution in [0.1, 0.15) is 144 Å². The Labute approximate surface area is 503 Å². The lowest BCUT2D eigenvalue weighted by atomic mass is 9.77. The Kier molecular flexibility index (Phi) is 27.9. The number of imide groups is 1. The van der Waals surface area contributed by atoms with E-state index in [2.05, 4.69) is 40.3 Å². The van der Waals surface area contributed by atoms with Crippen molar-refractivity contribution in [2.45, 2.75) is 182 Å². The Morgan fingerprint density at radius 3 is 2.06 bits per heavy atom. The van der Waals surface area contributed by atoms with Crippen LogP contribution in [0.2, 0.25) is 0 Å². The number of nitrogens with zero attached hydrogens (tertiary/aromatic N) is 3. The summed E-state index contributed by atoms with van der Waals surface area (Å²) < 4.78 is 18.0. The molecule has 10 atom stereocenters. The molecular weight excluding hydrogens is 1080 g/mol. The summed E-state index contributed by atoms with van der Waals surface area (Å²) >= 11 is 0. The molecule has 0 bridgehead atoms. The molecule has 5 N–H and O–H groups in total. The number of para-hydroxylation sites is 1. The molecule has 1 fully saturated rings. The molecule has 20 nitrogen and oxygen atoms in total. The van der Waals surface area contributed by atoms with Gasteiger partial charge in [0.25, 0.3) is 11.8 Å². The Bertz CT molecular complexity index is 2710. The highest BCUT2D eigenvalue weighted by atomic mass is 16.5. The number of likely N-dealkylation sites (N-methyl/N-ethyl adjacent to an activating group) is 1. The van der Waals surface area contributed by atoms with Gasteiger partial charge in [-0.25, -0.2) is 4.79 Å². The van der Waals surface area contributed by atoms with Gasteiger partial charge in [-0.1, -0.05) is 117 Å². The van der Waals surface area contributed by atoms with Gasteiger partial charge in [0.05, 0.1) is 42.7 Å². The maximum atomic E-state index is 14.6. The van der Waals surface area contributed by atoms with Gasteiger partial charge in [-0.2, -0.15) is 0 Å². The van der Waals surface area contributed by atoms with Crippen LogP contribution in [0, 0.1) is 35.5 Å². The number of ketones is 1. The van der Waals surface area contributed by atoms with Gasteiger partial charge < -0.3 is 34.7 Å². The van der Waals surface area contributed by atoms with Gasteiger partial charge in [0, 0.05) is 82.2 Å². The van der Waals surface area contributed by atoms with Crippen molar-refractivity contribution in [3.05, 3.63) is 84.1 Å². The number of hydrazine groups is 1. The Morgan fingerprint density at radius 1 is 0.765 bits per heavy atom. The number of esters is 1. The SMILES string of the molecule is CCC(C)C(CC(C)CC(=O)C(NC(=O)C(C(C)C)N(C)CCCC(=O)NNC(=O)CCCCCN1C(=O)C=CC1=O)C(C)C)C(CC(=O)N1CCCC1C(OC)C(C)C(=O)NC(Cc1c[nH]c2ccccc12)C(=O)OCc1ccccc1)OC. The molecule has 2 aliphatic rings. The zero-order chi connectivity index (χ0) is 62.3. The number of likely N-dealkylation sites (tertiary alicyclic amines) is 1. The average molecular weight is 1180 g/mol. The maximum absolute atomic E-state index is 14.6. The van der Waals surface area contributed by atoms with Crippen LogP contribution in [-0.2, 0) is 70.4 Å². The lowest BCUT2D eigenvalue weighted by Gasteiger charge is -2.37. The highest BCUT2D eigenvalue weighted by Crippen LogP contribution is 2.34.